The van der Waals surface area contributed by atoms with Crippen molar-refractivity contribution in [1.82, 2.24) is 15.8 Å². The molecule has 1 aromatic rings. The number of aryl methyl sites for hydroxylation is 1. The number of ether oxygens (including phenoxy) is 1. The summed E-state index contributed by atoms with van der Waals surface area (Å²) < 4.78 is 5.11. The molecule has 0 radical (unpaired) electrons. The first-order valence-electron chi connectivity index (χ1n) is 8.73. The Bertz CT molecular complexity index is 637. The molecule has 2 aliphatic rings. The van der Waals surface area contributed by atoms with E-state index < -0.39 is 0 Å². The highest BCUT2D eigenvalue weighted by Crippen LogP contribution is 2.27. The minimum atomic E-state index is -0.292. The summed E-state index contributed by atoms with van der Waals surface area (Å²) >= 11 is 0. The minimum Gasteiger partial charge on any atom is -0.385 e. The zero-order valence-corrected chi connectivity index (χ0v) is 14.7. The van der Waals surface area contributed by atoms with Crippen LogP contribution in [-0.2, 0) is 14.3 Å². The standard InChI is InChI=1S/C18H26N4O3/c1-12-6-3-4-7-15(12)19-17(23)13-10-22(8-5-9-25-2)11-14-16(13)20-21-18(14)24/h3-4,6-7,13-14,16,20H,5,8-11H2,1-2H3,(H,19,23)(H,21,24). The molecule has 0 spiro atoms. The number of likely N-dealkylation sites (tertiary alicyclic amines) is 1. The number of para-hydroxylation sites is 1. The molecule has 2 amide bonds. The van der Waals surface area contributed by atoms with Crippen molar-refractivity contribution in [3.8, 4) is 0 Å². The Labute approximate surface area is 148 Å². The Kier molecular flexibility index (Phi) is 5.67. The van der Waals surface area contributed by atoms with Crippen LogP contribution < -0.4 is 16.2 Å². The number of nitrogens with zero attached hydrogens (tertiary/aromatic N) is 1. The van der Waals surface area contributed by atoms with Gasteiger partial charge in [0.05, 0.1) is 17.9 Å². The van der Waals surface area contributed by atoms with Crippen LogP contribution in [0.2, 0.25) is 0 Å². The van der Waals surface area contributed by atoms with Crippen LogP contribution in [0.3, 0.4) is 0 Å². The van der Waals surface area contributed by atoms with Crippen LogP contribution >= 0.6 is 0 Å². The smallest absolute Gasteiger partial charge is 0.240 e. The molecule has 3 N–H and O–H groups in total. The van der Waals surface area contributed by atoms with Gasteiger partial charge in [0.15, 0.2) is 0 Å². The number of carbonyl (C=O) groups excluding carboxylic acids is 2. The molecule has 1 aromatic carbocycles. The molecule has 3 unspecified atom stereocenters. The van der Waals surface area contributed by atoms with E-state index in [1.807, 2.05) is 31.2 Å². The molecule has 3 rings (SSSR count). The highest BCUT2D eigenvalue weighted by atomic mass is 16.5. The number of piperidine rings is 1. The van der Waals surface area contributed by atoms with E-state index in [1.54, 1.807) is 7.11 Å². The molecule has 2 aliphatic heterocycles. The van der Waals surface area contributed by atoms with E-state index in [0.717, 1.165) is 24.2 Å². The molecule has 2 heterocycles. The molecule has 2 fully saturated rings. The van der Waals surface area contributed by atoms with E-state index in [-0.39, 0.29) is 29.7 Å². The first kappa shape index (κ1) is 17.8. The number of hydrazine groups is 1. The van der Waals surface area contributed by atoms with Gasteiger partial charge in [-0.25, -0.2) is 5.43 Å². The Hall–Kier alpha value is -1.96. The van der Waals surface area contributed by atoms with Crippen molar-refractivity contribution in [1.29, 1.82) is 0 Å². The normalized spacial score (nSPS) is 26.2. The number of fused-ring (bicyclic) bond motifs is 1. The Balaban J connectivity index is 1.71. The van der Waals surface area contributed by atoms with Crippen LogP contribution in [0, 0.1) is 18.8 Å². The molecule has 25 heavy (non-hydrogen) atoms. The third kappa shape index (κ3) is 4.00. The number of hydrogen-bond donors (Lipinski definition) is 3. The Morgan fingerprint density at radius 1 is 1.36 bits per heavy atom. The van der Waals surface area contributed by atoms with Gasteiger partial charge in [-0.05, 0) is 25.0 Å². The summed E-state index contributed by atoms with van der Waals surface area (Å²) in [4.78, 5) is 27.2. The fraction of sp³-hybridized carbons (Fsp3) is 0.556. The van der Waals surface area contributed by atoms with Crippen molar-refractivity contribution in [2.75, 3.05) is 38.7 Å². The number of carbonyl (C=O) groups is 2. The van der Waals surface area contributed by atoms with Crippen molar-refractivity contribution >= 4 is 17.5 Å². The molecule has 136 valence electrons. The summed E-state index contributed by atoms with van der Waals surface area (Å²) in [5.74, 6) is -0.580. The van der Waals surface area contributed by atoms with Crippen molar-refractivity contribution in [3.05, 3.63) is 29.8 Å². The van der Waals surface area contributed by atoms with Gasteiger partial charge in [-0.3, -0.25) is 15.0 Å². The lowest BCUT2D eigenvalue weighted by atomic mass is 9.84. The number of amides is 2. The van der Waals surface area contributed by atoms with Crippen molar-refractivity contribution in [2.45, 2.75) is 19.4 Å². The predicted molar refractivity (Wildman–Crippen MR) is 94.8 cm³/mol. The summed E-state index contributed by atoms with van der Waals surface area (Å²) in [6.45, 7) is 4.76. The largest absolute Gasteiger partial charge is 0.385 e. The van der Waals surface area contributed by atoms with Crippen LogP contribution in [-0.4, -0.2) is 56.1 Å². The molecule has 2 saturated heterocycles. The molecule has 0 aliphatic carbocycles. The number of nitrogens with one attached hydrogen (secondary N) is 3. The lowest BCUT2D eigenvalue weighted by Crippen LogP contribution is -2.56. The van der Waals surface area contributed by atoms with Gasteiger partial charge in [-0.15, -0.1) is 0 Å². The fourth-order valence-electron chi connectivity index (χ4n) is 3.63. The fourth-order valence-corrected chi connectivity index (χ4v) is 3.63. The summed E-state index contributed by atoms with van der Waals surface area (Å²) in [5.41, 5.74) is 7.54. The number of benzene rings is 1. The average Bonchev–Trinajstić information content (AvgIpc) is 2.98. The van der Waals surface area contributed by atoms with E-state index in [9.17, 15) is 9.59 Å². The van der Waals surface area contributed by atoms with Crippen molar-refractivity contribution in [2.24, 2.45) is 11.8 Å². The molecule has 7 nitrogen and oxygen atoms in total. The average molecular weight is 346 g/mol. The maximum absolute atomic E-state index is 12.9. The number of anilines is 1. The predicted octanol–water partition coefficient (Wildman–Crippen LogP) is 0.521. The maximum Gasteiger partial charge on any atom is 0.240 e. The Morgan fingerprint density at radius 2 is 2.16 bits per heavy atom. The van der Waals surface area contributed by atoms with Crippen molar-refractivity contribution < 1.29 is 14.3 Å². The van der Waals surface area contributed by atoms with Crippen LogP contribution in [0.5, 0.6) is 0 Å². The zero-order chi connectivity index (χ0) is 17.8. The van der Waals surface area contributed by atoms with Crippen molar-refractivity contribution in [3.63, 3.8) is 0 Å². The van der Waals surface area contributed by atoms with E-state index in [4.69, 9.17) is 4.74 Å². The topological polar surface area (TPSA) is 82.7 Å². The second-order valence-corrected chi connectivity index (χ2v) is 6.78. The zero-order valence-electron chi connectivity index (χ0n) is 14.7. The third-order valence-corrected chi connectivity index (χ3v) is 5.04. The van der Waals surface area contributed by atoms with E-state index in [2.05, 4.69) is 21.1 Å². The molecule has 7 heteroatoms. The molecular formula is C18H26N4O3. The lowest BCUT2D eigenvalue weighted by molar-refractivity contribution is -0.126. The highest BCUT2D eigenvalue weighted by molar-refractivity contribution is 5.95. The van der Waals surface area contributed by atoms with Crippen LogP contribution in [0.15, 0.2) is 24.3 Å². The monoisotopic (exact) mass is 346 g/mol. The molecule has 0 bridgehead atoms. The van der Waals surface area contributed by atoms with E-state index in [0.29, 0.717) is 19.7 Å². The van der Waals surface area contributed by atoms with Crippen LogP contribution in [0.25, 0.3) is 0 Å². The van der Waals surface area contributed by atoms with Gasteiger partial charge in [-0.1, -0.05) is 18.2 Å². The van der Waals surface area contributed by atoms with Gasteiger partial charge in [0.2, 0.25) is 11.8 Å². The molecule has 0 aromatic heterocycles. The van der Waals surface area contributed by atoms with Gasteiger partial charge in [0.25, 0.3) is 0 Å². The first-order valence-corrected chi connectivity index (χ1v) is 8.73. The number of rotatable bonds is 6. The van der Waals surface area contributed by atoms with Crippen LogP contribution in [0.1, 0.15) is 12.0 Å². The minimum absolute atomic E-state index is 0.0323. The third-order valence-electron chi connectivity index (χ3n) is 5.04. The second-order valence-electron chi connectivity index (χ2n) is 6.78. The molecular weight excluding hydrogens is 320 g/mol. The molecule has 3 atom stereocenters. The Morgan fingerprint density at radius 3 is 2.92 bits per heavy atom. The quantitative estimate of drug-likeness (QED) is 0.654. The van der Waals surface area contributed by atoms with E-state index >= 15 is 0 Å². The van der Waals surface area contributed by atoms with Gasteiger partial charge >= 0.3 is 0 Å². The lowest BCUT2D eigenvalue weighted by Gasteiger charge is -2.38. The van der Waals surface area contributed by atoms with Gasteiger partial charge in [-0.2, -0.15) is 0 Å². The van der Waals surface area contributed by atoms with E-state index in [1.165, 1.54) is 0 Å². The van der Waals surface area contributed by atoms with Gasteiger partial charge in [0.1, 0.15) is 0 Å². The van der Waals surface area contributed by atoms with Gasteiger partial charge in [0, 0.05) is 39.0 Å². The summed E-state index contributed by atoms with van der Waals surface area (Å²) in [6.07, 6.45) is 0.884. The first-order chi connectivity index (χ1) is 12.1. The molecule has 0 saturated carbocycles. The summed E-state index contributed by atoms with van der Waals surface area (Å²) in [7, 11) is 1.68. The van der Waals surface area contributed by atoms with Crippen LogP contribution in [0.4, 0.5) is 5.69 Å². The summed E-state index contributed by atoms with van der Waals surface area (Å²) in [5, 5.41) is 3.03. The number of hydrogen-bond acceptors (Lipinski definition) is 5. The maximum atomic E-state index is 12.9. The second kappa shape index (κ2) is 7.95. The van der Waals surface area contributed by atoms with Gasteiger partial charge < -0.3 is 15.0 Å². The SMILES string of the molecule is COCCCN1CC2C(=O)NNC2C(C(=O)Nc2ccccc2C)C1. The number of methoxy groups -OCH3 is 1. The summed E-state index contributed by atoms with van der Waals surface area (Å²) in [6, 6.07) is 7.54. The highest BCUT2D eigenvalue weighted by Gasteiger charge is 2.47.